The minimum Gasteiger partial charge on any atom is -0.493 e. The lowest BCUT2D eigenvalue weighted by Gasteiger charge is -2.15. The predicted molar refractivity (Wildman–Crippen MR) is 117 cm³/mol. The van der Waals surface area contributed by atoms with Crippen molar-refractivity contribution in [3.05, 3.63) is 77.7 Å². The van der Waals surface area contributed by atoms with Crippen LogP contribution in [0.15, 0.2) is 76.7 Å². The van der Waals surface area contributed by atoms with E-state index in [0.29, 0.717) is 32.8 Å². The number of hydrogen-bond acceptors (Lipinski definition) is 5. The van der Waals surface area contributed by atoms with Crippen LogP contribution in [0.4, 0.5) is 4.39 Å². The zero-order valence-corrected chi connectivity index (χ0v) is 18.2. The van der Waals surface area contributed by atoms with Gasteiger partial charge in [0.05, 0.1) is 29.5 Å². The molecular formula is C23H17ClFNO4S. The van der Waals surface area contributed by atoms with Crippen LogP contribution in [0.25, 0.3) is 22.0 Å². The smallest absolute Gasteiger partial charge is 0.208 e. The Morgan fingerprint density at radius 2 is 1.71 bits per heavy atom. The number of aromatic nitrogens is 1. The first-order valence-electron chi connectivity index (χ1n) is 9.16. The van der Waals surface area contributed by atoms with E-state index in [1.165, 1.54) is 56.8 Å². The first-order valence-corrected chi connectivity index (χ1v) is 11.0. The molecule has 0 aliphatic heterocycles. The molecule has 0 amide bonds. The standard InChI is InChI=1S/C23H17ClFNO4S/c1-29-20-9-7-17(12-21(20)30-2)31(27,28)22-13-26-19-11-16(25)6-8-18(19)23(22)14-4-3-5-15(24)10-14/h3-13H,1-2H3. The summed E-state index contributed by atoms with van der Waals surface area (Å²) >= 11 is 6.17. The molecule has 0 aliphatic carbocycles. The lowest BCUT2D eigenvalue weighted by Crippen LogP contribution is -2.06. The van der Waals surface area contributed by atoms with E-state index in [1.807, 2.05) is 0 Å². The van der Waals surface area contributed by atoms with E-state index in [4.69, 9.17) is 21.1 Å². The number of halogens is 2. The van der Waals surface area contributed by atoms with E-state index < -0.39 is 15.7 Å². The van der Waals surface area contributed by atoms with E-state index >= 15 is 0 Å². The third-order valence-electron chi connectivity index (χ3n) is 4.86. The molecule has 1 aromatic heterocycles. The van der Waals surface area contributed by atoms with E-state index in [2.05, 4.69) is 4.98 Å². The fraction of sp³-hybridized carbons (Fsp3) is 0.0870. The van der Waals surface area contributed by atoms with E-state index in [9.17, 15) is 12.8 Å². The SMILES string of the molecule is COc1ccc(S(=O)(=O)c2cnc3cc(F)ccc3c2-c2cccc(Cl)c2)cc1OC. The number of rotatable bonds is 5. The molecule has 158 valence electrons. The third kappa shape index (κ3) is 3.82. The Morgan fingerprint density at radius 3 is 2.42 bits per heavy atom. The Kier molecular flexibility index (Phi) is 5.56. The maximum absolute atomic E-state index is 13.8. The summed E-state index contributed by atoms with van der Waals surface area (Å²) in [6, 6.07) is 15.2. The number of fused-ring (bicyclic) bond motifs is 1. The summed E-state index contributed by atoms with van der Waals surface area (Å²) in [5.41, 5.74) is 1.30. The second kappa shape index (κ2) is 8.17. The fourth-order valence-electron chi connectivity index (χ4n) is 3.40. The van der Waals surface area contributed by atoms with Gasteiger partial charge in [0.2, 0.25) is 9.84 Å². The van der Waals surface area contributed by atoms with Gasteiger partial charge >= 0.3 is 0 Å². The molecule has 5 nitrogen and oxygen atoms in total. The first kappa shape index (κ1) is 21.1. The highest BCUT2D eigenvalue weighted by Crippen LogP contribution is 2.39. The molecule has 1 heterocycles. The molecule has 0 N–H and O–H groups in total. The van der Waals surface area contributed by atoms with Gasteiger partial charge in [-0.15, -0.1) is 0 Å². The summed E-state index contributed by atoms with van der Waals surface area (Å²) in [6.07, 6.45) is 1.24. The summed E-state index contributed by atoms with van der Waals surface area (Å²) < 4.78 is 51.5. The van der Waals surface area contributed by atoms with Gasteiger partial charge in [-0.3, -0.25) is 4.98 Å². The molecule has 0 atom stereocenters. The van der Waals surface area contributed by atoms with E-state index in [-0.39, 0.29) is 15.5 Å². The van der Waals surface area contributed by atoms with Gasteiger partial charge in [0, 0.05) is 34.3 Å². The number of benzene rings is 3. The van der Waals surface area contributed by atoms with Crippen LogP contribution in [0.2, 0.25) is 5.02 Å². The van der Waals surface area contributed by atoms with Crippen LogP contribution in [-0.4, -0.2) is 27.6 Å². The van der Waals surface area contributed by atoms with Crippen molar-refractivity contribution in [2.24, 2.45) is 0 Å². The number of nitrogens with zero attached hydrogens (tertiary/aromatic N) is 1. The molecule has 0 radical (unpaired) electrons. The zero-order chi connectivity index (χ0) is 22.2. The fourth-order valence-corrected chi connectivity index (χ4v) is 5.05. The van der Waals surface area contributed by atoms with Gasteiger partial charge < -0.3 is 9.47 Å². The summed E-state index contributed by atoms with van der Waals surface area (Å²) in [7, 11) is -1.13. The second-order valence-electron chi connectivity index (χ2n) is 6.69. The molecule has 8 heteroatoms. The van der Waals surface area contributed by atoms with Crippen molar-refractivity contribution in [1.82, 2.24) is 4.98 Å². The first-order chi connectivity index (χ1) is 14.8. The molecule has 0 fully saturated rings. The minimum atomic E-state index is -4.02. The van der Waals surface area contributed by atoms with E-state index in [0.717, 1.165) is 0 Å². The van der Waals surface area contributed by atoms with Crippen molar-refractivity contribution in [1.29, 1.82) is 0 Å². The second-order valence-corrected chi connectivity index (χ2v) is 9.04. The summed E-state index contributed by atoms with van der Waals surface area (Å²) in [6.45, 7) is 0. The topological polar surface area (TPSA) is 65.5 Å². The van der Waals surface area contributed by atoms with Crippen LogP contribution < -0.4 is 9.47 Å². The van der Waals surface area contributed by atoms with Crippen molar-refractivity contribution in [2.75, 3.05) is 14.2 Å². The largest absolute Gasteiger partial charge is 0.493 e. The maximum Gasteiger partial charge on any atom is 0.208 e. The van der Waals surface area contributed by atoms with Gasteiger partial charge in [-0.1, -0.05) is 23.7 Å². The van der Waals surface area contributed by atoms with Gasteiger partial charge in [0.1, 0.15) is 5.82 Å². The Balaban J connectivity index is 2.03. The summed E-state index contributed by atoms with van der Waals surface area (Å²) in [5, 5.41) is 0.934. The number of hydrogen-bond donors (Lipinski definition) is 0. The molecule has 3 aromatic carbocycles. The highest BCUT2D eigenvalue weighted by Gasteiger charge is 2.26. The minimum absolute atomic E-state index is 0.0108. The van der Waals surface area contributed by atoms with Crippen molar-refractivity contribution < 1.29 is 22.3 Å². The van der Waals surface area contributed by atoms with Crippen LogP contribution in [-0.2, 0) is 9.84 Å². The highest BCUT2D eigenvalue weighted by molar-refractivity contribution is 7.91. The molecule has 0 unspecified atom stereocenters. The average molecular weight is 458 g/mol. The molecule has 4 aromatic rings. The highest BCUT2D eigenvalue weighted by atomic mass is 35.5. The molecule has 0 spiro atoms. The Labute approximate surface area is 183 Å². The van der Waals surface area contributed by atoms with Gasteiger partial charge in [-0.25, -0.2) is 12.8 Å². The predicted octanol–water partition coefficient (Wildman–Crippen LogP) is 5.54. The number of ether oxygens (including phenoxy) is 2. The quantitative estimate of drug-likeness (QED) is 0.393. The molecule has 4 rings (SSSR count). The van der Waals surface area contributed by atoms with Gasteiger partial charge in [0.25, 0.3) is 0 Å². The lowest BCUT2D eigenvalue weighted by molar-refractivity contribution is 0.354. The third-order valence-corrected chi connectivity index (χ3v) is 6.86. The van der Waals surface area contributed by atoms with Gasteiger partial charge in [-0.05, 0) is 42.0 Å². The molecule has 0 saturated heterocycles. The molecule has 0 aliphatic rings. The van der Waals surface area contributed by atoms with Crippen LogP contribution in [0.1, 0.15) is 0 Å². The number of sulfone groups is 1. The van der Waals surface area contributed by atoms with Gasteiger partial charge in [-0.2, -0.15) is 0 Å². The lowest BCUT2D eigenvalue weighted by atomic mass is 10.0. The summed E-state index contributed by atoms with van der Waals surface area (Å²) in [4.78, 5) is 4.19. The maximum atomic E-state index is 13.8. The van der Waals surface area contributed by atoms with Gasteiger partial charge in [0.15, 0.2) is 11.5 Å². The van der Waals surface area contributed by atoms with Crippen LogP contribution in [0, 0.1) is 5.82 Å². The molecule has 0 bridgehead atoms. The Morgan fingerprint density at radius 1 is 0.935 bits per heavy atom. The van der Waals surface area contributed by atoms with Crippen molar-refractivity contribution in [3.8, 4) is 22.6 Å². The Hall–Kier alpha value is -3.16. The van der Waals surface area contributed by atoms with Crippen LogP contribution >= 0.6 is 11.6 Å². The number of methoxy groups -OCH3 is 2. The normalized spacial score (nSPS) is 11.5. The van der Waals surface area contributed by atoms with Crippen molar-refractivity contribution in [3.63, 3.8) is 0 Å². The Bertz CT molecular complexity index is 1410. The van der Waals surface area contributed by atoms with Crippen LogP contribution in [0.5, 0.6) is 11.5 Å². The van der Waals surface area contributed by atoms with Crippen molar-refractivity contribution >= 4 is 32.3 Å². The zero-order valence-electron chi connectivity index (χ0n) is 16.6. The molecule has 0 saturated carbocycles. The van der Waals surface area contributed by atoms with Crippen molar-refractivity contribution in [2.45, 2.75) is 9.79 Å². The molecular weight excluding hydrogens is 441 g/mol. The average Bonchev–Trinajstić information content (AvgIpc) is 2.77. The summed E-state index contributed by atoms with van der Waals surface area (Å²) in [5.74, 6) is 0.222. The van der Waals surface area contributed by atoms with Crippen LogP contribution in [0.3, 0.4) is 0 Å². The monoisotopic (exact) mass is 457 g/mol. The molecule has 31 heavy (non-hydrogen) atoms. The van der Waals surface area contributed by atoms with E-state index in [1.54, 1.807) is 24.3 Å². The number of pyridine rings is 1.